The average molecular weight is 348 g/mol. The Kier molecular flexibility index (Phi) is 5.98. The molecule has 7 nitrogen and oxygen atoms in total. The van der Waals surface area contributed by atoms with Crippen LogP contribution in [0.15, 0.2) is 18.6 Å². The van der Waals surface area contributed by atoms with E-state index in [1.165, 1.54) is 0 Å². The molecule has 1 aromatic rings. The minimum Gasteiger partial charge on any atom is -0.388 e. The van der Waals surface area contributed by atoms with Crippen molar-refractivity contribution in [1.29, 1.82) is 0 Å². The number of piperidine rings is 1. The normalized spacial score (nSPS) is 24.7. The maximum absolute atomic E-state index is 11.5. The van der Waals surface area contributed by atoms with E-state index in [0.29, 0.717) is 45.0 Å². The first kappa shape index (κ1) is 18.2. The van der Waals surface area contributed by atoms with Crippen molar-refractivity contribution in [1.82, 2.24) is 19.8 Å². The van der Waals surface area contributed by atoms with Gasteiger partial charge in [0.15, 0.2) is 0 Å². The van der Waals surface area contributed by atoms with Crippen molar-refractivity contribution in [2.45, 2.75) is 31.8 Å². The number of likely N-dealkylation sites (tertiary alicyclic amines) is 1. The average Bonchev–Trinajstić information content (AvgIpc) is 2.80. The third kappa shape index (κ3) is 5.20. The van der Waals surface area contributed by atoms with Gasteiger partial charge in [0, 0.05) is 57.5 Å². The Morgan fingerprint density at radius 2 is 2.20 bits per heavy atom. The molecule has 1 unspecified atom stereocenters. The summed E-state index contributed by atoms with van der Waals surface area (Å²) in [6, 6.07) is 1.94. The standard InChI is InChI=1S/C18H28N4O3/c1-15(23)22-6-3-18(24,4-7-22)13-21-8-9-25-12-16(11-21)10-17-2-5-19-14-20-17/h2,5,14,16,24H,3-4,6-13H2,1H3. The zero-order valence-corrected chi connectivity index (χ0v) is 14.9. The van der Waals surface area contributed by atoms with Crippen molar-refractivity contribution in [3.8, 4) is 0 Å². The van der Waals surface area contributed by atoms with Crippen molar-refractivity contribution in [2.24, 2.45) is 5.92 Å². The molecule has 0 spiro atoms. The number of ether oxygens (including phenoxy) is 1. The van der Waals surface area contributed by atoms with Crippen LogP contribution in [0.5, 0.6) is 0 Å². The lowest BCUT2D eigenvalue weighted by molar-refractivity contribution is -0.133. The van der Waals surface area contributed by atoms with E-state index in [2.05, 4.69) is 14.9 Å². The molecule has 2 fully saturated rings. The number of aliphatic hydroxyl groups is 1. The van der Waals surface area contributed by atoms with Crippen molar-refractivity contribution in [2.75, 3.05) is 45.9 Å². The van der Waals surface area contributed by atoms with E-state index >= 15 is 0 Å². The zero-order chi connectivity index (χ0) is 17.7. The highest BCUT2D eigenvalue weighted by atomic mass is 16.5. The van der Waals surface area contributed by atoms with Gasteiger partial charge < -0.3 is 14.7 Å². The van der Waals surface area contributed by atoms with Crippen LogP contribution in [0.2, 0.25) is 0 Å². The number of rotatable bonds is 4. The maximum Gasteiger partial charge on any atom is 0.219 e. The van der Waals surface area contributed by atoms with Gasteiger partial charge in [-0.15, -0.1) is 0 Å². The Hall–Kier alpha value is -1.57. The van der Waals surface area contributed by atoms with E-state index in [1.807, 2.05) is 11.0 Å². The van der Waals surface area contributed by atoms with Crippen LogP contribution in [-0.2, 0) is 16.0 Å². The molecule has 2 saturated heterocycles. The lowest BCUT2D eigenvalue weighted by atomic mass is 9.90. The molecule has 0 aliphatic carbocycles. The SMILES string of the molecule is CC(=O)N1CCC(O)(CN2CCOCC(Cc3ccncn3)C2)CC1. The largest absolute Gasteiger partial charge is 0.388 e. The lowest BCUT2D eigenvalue weighted by Crippen LogP contribution is -2.52. The summed E-state index contributed by atoms with van der Waals surface area (Å²) in [5, 5.41) is 10.9. The van der Waals surface area contributed by atoms with Crippen molar-refractivity contribution < 1.29 is 14.6 Å². The van der Waals surface area contributed by atoms with Gasteiger partial charge in [-0.25, -0.2) is 9.97 Å². The molecule has 25 heavy (non-hydrogen) atoms. The second-order valence-electron chi connectivity index (χ2n) is 7.31. The molecule has 1 N–H and O–H groups in total. The maximum atomic E-state index is 11.5. The van der Waals surface area contributed by atoms with Crippen LogP contribution in [0, 0.1) is 5.92 Å². The number of carbonyl (C=O) groups is 1. The number of amides is 1. The quantitative estimate of drug-likeness (QED) is 0.845. The van der Waals surface area contributed by atoms with Crippen LogP contribution < -0.4 is 0 Å². The number of nitrogens with zero attached hydrogens (tertiary/aromatic N) is 4. The summed E-state index contributed by atoms with van der Waals surface area (Å²) < 4.78 is 5.76. The molecule has 3 heterocycles. The number of aromatic nitrogens is 2. The fraction of sp³-hybridized carbons (Fsp3) is 0.722. The van der Waals surface area contributed by atoms with Gasteiger partial charge in [-0.05, 0) is 25.3 Å². The Labute approximate surface area is 149 Å². The van der Waals surface area contributed by atoms with Crippen LogP contribution in [0.4, 0.5) is 0 Å². The summed E-state index contributed by atoms with van der Waals surface area (Å²) in [5.74, 6) is 0.452. The summed E-state index contributed by atoms with van der Waals surface area (Å²) in [6.07, 6.45) is 5.48. The molecule has 1 amide bonds. The number of hydrogen-bond acceptors (Lipinski definition) is 6. The third-order valence-electron chi connectivity index (χ3n) is 5.22. The second kappa shape index (κ2) is 8.21. The molecular formula is C18H28N4O3. The van der Waals surface area contributed by atoms with Gasteiger partial charge in [0.05, 0.1) is 18.8 Å². The van der Waals surface area contributed by atoms with Crippen LogP contribution in [0.3, 0.4) is 0 Å². The number of hydrogen-bond donors (Lipinski definition) is 1. The summed E-state index contributed by atoms with van der Waals surface area (Å²) in [4.78, 5) is 23.9. The van der Waals surface area contributed by atoms with Gasteiger partial charge in [0.1, 0.15) is 6.33 Å². The predicted octanol–water partition coefficient (Wildman–Crippen LogP) is 0.341. The molecule has 1 atom stereocenters. The van der Waals surface area contributed by atoms with Crippen molar-refractivity contribution >= 4 is 5.91 Å². The molecule has 0 bridgehead atoms. The Bertz CT molecular complexity index is 561. The van der Waals surface area contributed by atoms with Gasteiger partial charge in [0.2, 0.25) is 5.91 Å². The molecular weight excluding hydrogens is 320 g/mol. The van der Waals surface area contributed by atoms with E-state index < -0.39 is 5.60 Å². The molecule has 7 heteroatoms. The zero-order valence-electron chi connectivity index (χ0n) is 14.9. The summed E-state index contributed by atoms with van der Waals surface area (Å²) in [7, 11) is 0. The highest BCUT2D eigenvalue weighted by Gasteiger charge is 2.35. The van der Waals surface area contributed by atoms with Gasteiger partial charge in [0.25, 0.3) is 0 Å². The Balaban J connectivity index is 1.55. The van der Waals surface area contributed by atoms with Crippen molar-refractivity contribution in [3.63, 3.8) is 0 Å². The van der Waals surface area contributed by atoms with Gasteiger partial charge in [-0.3, -0.25) is 9.69 Å². The monoisotopic (exact) mass is 348 g/mol. The second-order valence-corrected chi connectivity index (χ2v) is 7.31. The van der Waals surface area contributed by atoms with Crippen molar-refractivity contribution in [3.05, 3.63) is 24.3 Å². The highest BCUT2D eigenvalue weighted by Crippen LogP contribution is 2.25. The van der Waals surface area contributed by atoms with Crippen LogP contribution in [0.1, 0.15) is 25.5 Å². The fourth-order valence-corrected chi connectivity index (χ4v) is 3.77. The summed E-state index contributed by atoms with van der Waals surface area (Å²) in [5.41, 5.74) is 0.314. The summed E-state index contributed by atoms with van der Waals surface area (Å²) in [6.45, 7) is 6.65. The first-order valence-electron chi connectivity index (χ1n) is 9.07. The van der Waals surface area contributed by atoms with Crippen LogP contribution >= 0.6 is 0 Å². The topological polar surface area (TPSA) is 78.8 Å². The van der Waals surface area contributed by atoms with Gasteiger partial charge in [-0.2, -0.15) is 0 Å². The molecule has 0 radical (unpaired) electrons. The molecule has 138 valence electrons. The smallest absolute Gasteiger partial charge is 0.219 e. The third-order valence-corrected chi connectivity index (χ3v) is 5.22. The first-order valence-corrected chi connectivity index (χ1v) is 9.07. The van der Waals surface area contributed by atoms with Crippen LogP contribution in [-0.4, -0.2) is 82.3 Å². The molecule has 2 aliphatic rings. The van der Waals surface area contributed by atoms with E-state index in [9.17, 15) is 9.90 Å². The predicted molar refractivity (Wildman–Crippen MR) is 92.9 cm³/mol. The highest BCUT2D eigenvalue weighted by molar-refractivity contribution is 5.73. The van der Waals surface area contributed by atoms with E-state index in [-0.39, 0.29) is 5.91 Å². The molecule has 3 rings (SSSR count). The number of β-amino-alcohol motifs (C(OH)–C–C–N with tert-alkyl or cyclic N) is 1. The summed E-state index contributed by atoms with van der Waals surface area (Å²) >= 11 is 0. The molecule has 0 aromatic carbocycles. The van der Waals surface area contributed by atoms with Crippen LogP contribution in [0.25, 0.3) is 0 Å². The fourth-order valence-electron chi connectivity index (χ4n) is 3.77. The Morgan fingerprint density at radius 1 is 1.40 bits per heavy atom. The molecule has 2 aliphatic heterocycles. The minimum absolute atomic E-state index is 0.0927. The van der Waals surface area contributed by atoms with Gasteiger partial charge >= 0.3 is 0 Å². The van der Waals surface area contributed by atoms with Gasteiger partial charge in [-0.1, -0.05) is 0 Å². The lowest BCUT2D eigenvalue weighted by Gasteiger charge is -2.40. The van der Waals surface area contributed by atoms with E-state index in [0.717, 1.165) is 31.8 Å². The molecule has 1 aromatic heterocycles. The number of carbonyl (C=O) groups excluding carboxylic acids is 1. The minimum atomic E-state index is -0.713. The Morgan fingerprint density at radius 3 is 2.88 bits per heavy atom. The van der Waals surface area contributed by atoms with E-state index in [4.69, 9.17) is 4.74 Å². The molecule has 0 saturated carbocycles. The first-order chi connectivity index (χ1) is 12.0. The van der Waals surface area contributed by atoms with E-state index in [1.54, 1.807) is 19.4 Å².